The molecule has 6 heteroatoms. The lowest BCUT2D eigenvalue weighted by atomic mass is 10.2. The van der Waals surface area contributed by atoms with Crippen molar-refractivity contribution in [3.63, 3.8) is 0 Å². The van der Waals surface area contributed by atoms with Gasteiger partial charge in [0.25, 0.3) is 5.91 Å². The van der Waals surface area contributed by atoms with Gasteiger partial charge in [-0.05, 0) is 6.07 Å². The summed E-state index contributed by atoms with van der Waals surface area (Å²) in [5.74, 6) is -1.05. The van der Waals surface area contributed by atoms with Crippen LogP contribution in [0.3, 0.4) is 0 Å². The van der Waals surface area contributed by atoms with E-state index < -0.39 is 11.9 Å². The quantitative estimate of drug-likeness (QED) is 0.792. The van der Waals surface area contributed by atoms with Gasteiger partial charge in [0.2, 0.25) is 5.88 Å². The molecular weight excluding hydrogens is 212 g/mol. The molecule has 0 atom stereocenters. The van der Waals surface area contributed by atoms with Crippen molar-refractivity contribution in [1.82, 2.24) is 9.88 Å². The normalized spacial score (nSPS) is 9.62. The van der Waals surface area contributed by atoms with Gasteiger partial charge in [0.15, 0.2) is 0 Å². The van der Waals surface area contributed by atoms with E-state index in [-0.39, 0.29) is 6.54 Å². The molecule has 6 nitrogen and oxygen atoms in total. The molecule has 0 aromatic carbocycles. The molecule has 0 aliphatic carbocycles. The van der Waals surface area contributed by atoms with Crippen molar-refractivity contribution in [3.05, 3.63) is 23.9 Å². The second-order valence-electron chi connectivity index (χ2n) is 3.14. The highest BCUT2D eigenvalue weighted by molar-refractivity contribution is 5.95. The van der Waals surface area contributed by atoms with Crippen molar-refractivity contribution in [2.45, 2.75) is 0 Å². The number of pyridine rings is 1. The number of carboxylic acid groups (broad SMARTS) is 1. The van der Waals surface area contributed by atoms with E-state index in [4.69, 9.17) is 9.84 Å². The van der Waals surface area contributed by atoms with Crippen LogP contribution in [0.2, 0.25) is 0 Å². The average molecular weight is 224 g/mol. The number of ether oxygens (including phenoxy) is 1. The second kappa shape index (κ2) is 5.11. The molecule has 0 aliphatic heterocycles. The Morgan fingerprint density at radius 1 is 1.50 bits per heavy atom. The van der Waals surface area contributed by atoms with Crippen LogP contribution in [-0.2, 0) is 4.79 Å². The summed E-state index contributed by atoms with van der Waals surface area (Å²) in [4.78, 5) is 27.0. The molecule has 1 rings (SSSR count). The van der Waals surface area contributed by atoms with Crippen molar-refractivity contribution in [1.29, 1.82) is 0 Å². The second-order valence-corrected chi connectivity index (χ2v) is 3.14. The van der Waals surface area contributed by atoms with Crippen LogP contribution < -0.4 is 4.74 Å². The predicted molar refractivity (Wildman–Crippen MR) is 55.4 cm³/mol. The molecule has 0 fully saturated rings. The fourth-order valence-corrected chi connectivity index (χ4v) is 1.12. The lowest BCUT2D eigenvalue weighted by Gasteiger charge is -2.14. The van der Waals surface area contributed by atoms with E-state index in [1.165, 1.54) is 26.4 Å². The molecule has 1 heterocycles. The zero-order valence-corrected chi connectivity index (χ0v) is 9.01. The van der Waals surface area contributed by atoms with Gasteiger partial charge in [0.1, 0.15) is 6.54 Å². The van der Waals surface area contributed by atoms with E-state index in [9.17, 15) is 9.59 Å². The molecule has 0 unspecified atom stereocenters. The van der Waals surface area contributed by atoms with Crippen molar-refractivity contribution >= 4 is 11.9 Å². The predicted octanol–water partition coefficient (Wildman–Crippen LogP) is 0.247. The summed E-state index contributed by atoms with van der Waals surface area (Å²) in [6.07, 6.45) is 1.35. The van der Waals surface area contributed by atoms with Gasteiger partial charge in [-0.1, -0.05) is 0 Å². The molecule has 1 amide bonds. The van der Waals surface area contributed by atoms with Crippen molar-refractivity contribution in [3.8, 4) is 5.88 Å². The number of methoxy groups -OCH3 is 1. The molecule has 0 bridgehead atoms. The Morgan fingerprint density at radius 3 is 2.62 bits per heavy atom. The minimum atomic E-state index is -1.06. The third kappa shape index (κ3) is 2.94. The van der Waals surface area contributed by atoms with E-state index in [1.54, 1.807) is 6.07 Å². The van der Waals surface area contributed by atoms with Gasteiger partial charge in [0, 0.05) is 19.3 Å². The van der Waals surface area contributed by atoms with E-state index >= 15 is 0 Å². The zero-order valence-electron chi connectivity index (χ0n) is 9.01. The van der Waals surface area contributed by atoms with Crippen molar-refractivity contribution < 1.29 is 19.4 Å². The molecule has 86 valence electrons. The topological polar surface area (TPSA) is 79.7 Å². The first-order valence-corrected chi connectivity index (χ1v) is 4.52. The highest BCUT2D eigenvalue weighted by Crippen LogP contribution is 2.08. The number of hydrogen-bond donors (Lipinski definition) is 1. The number of likely N-dealkylation sites (N-methyl/N-ethyl adjacent to an activating group) is 1. The molecular formula is C10H12N2O4. The zero-order chi connectivity index (χ0) is 12.1. The van der Waals surface area contributed by atoms with Crippen LogP contribution in [0, 0.1) is 0 Å². The molecule has 0 radical (unpaired) electrons. The van der Waals surface area contributed by atoms with Crippen LogP contribution in [0.4, 0.5) is 0 Å². The third-order valence-electron chi connectivity index (χ3n) is 1.91. The smallest absolute Gasteiger partial charge is 0.323 e. The summed E-state index contributed by atoms with van der Waals surface area (Å²) in [5, 5.41) is 8.53. The number of carboxylic acids is 1. The van der Waals surface area contributed by atoms with E-state index in [1.807, 2.05) is 0 Å². The van der Waals surface area contributed by atoms with Gasteiger partial charge in [-0.2, -0.15) is 0 Å². The monoisotopic (exact) mass is 224 g/mol. The number of rotatable bonds is 4. The summed E-state index contributed by atoms with van der Waals surface area (Å²) >= 11 is 0. The van der Waals surface area contributed by atoms with Gasteiger partial charge in [-0.15, -0.1) is 0 Å². The Labute approximate surface area is 92.5 Å². The summed E-state index contributed by atoms with van der Waals surface area (Å²) in [7, 11) is 2.89. The van der Waals surface area contributed by atoms with Crippen LogP contribution in [0.5, 0.6) is 5.88 Å². The molecule has 16 heavy (non-hydrogen) atoms. The first-order chi connectivity index (χ1) is 7.54. The fraction of sp³-hybridized carbons (Fsp3) is 0.300. The summed E-state index contributed by atoms with van der Waals surface area (Å²) in [6.45, 7) is -0.342. The van der Waals surface area contributed by atoms with Gasteiger partial charge in [-0.3, -0.25) is 9.59 Å². The summed E-state index contributed by atoms with van der Waals surface area (Å²) in [6, 6.07) is 3.08. The minimum absolute atomic E-state index is 0.324. The fourth-order valence-electron chi connectivity index (χ4n) is 1.12. The molecule has 1 N–H and O–H groups in total. The third-order valence-corrected chi connectivity index (χ3v) is 1.91. The van der Waals surface area contributed by atoms with Gasteiger partial charge < -0.3 is 14.7 Å². The lowest BCUT2D eigenvalue weighted by molar-refractivity contribution is -0.137. The number of aliphatic carboxylic acids is 1. The first-order valence-electron chi connectivity index (χ1n) is 4.52. The van der Waals surface area contributed by atoms with Gasteiger partial charge in [0.05, 0.1) is 12.7 Å². The molecule has 0 saturated heterocycles. The molecule has 1 aromatic heterocycles. The standard InChI is InChI=1S/C10H12N2O4/c1-12(6-9(13)14)10(15)7-3-4-8(16-2)11-5-7/h3-5H,6H2,1-2H3,(H,13,14). The molecule has 1 aromatic rings. The van der Waals surface area contributed by atoms with Crippen LogP contribution in [0.1, 0.15) is 10.4 Å². The van der Waals surface area contributed by atoms with E-state index in [0.717, 1.165) is 4.90 Å². The highest BCUT2D eigenvalue weighted by Gasteiger charge is 2.14. The van der Waals surface area contributed by atoms with Crippen molar-refractivity contribution in [2.75, 3.05) is 20.7 Å². The number of nitrogens with zero attached hydrogens (tertiary/aromatic N) is 2. The van der Waals surface area contributed by atoms with E-state index in [0.29, 0.717) is 11.4 Å². The first kappa shape index (κ1) is 12.0. The van der Waals surface area contributed by atoms with E-state index in [2.05, 4.69) is 4.98 Å². The molecule has 0 saturated carbocycles. The van der Waals surface area contributed by atoms with Crippen LogP contribution >= 0.6 is 0 Å². The number of amides is 1. The number of carbonyl (C=O) groups is 2. The maximum atomic E-state index is 11.7. The SMILES string of the molecule is COc1ccc(C(=O)N(C)CC(=O)O)cn1. The maximum absolute atomic E-state index is 11.7. The Bertz CT molecular complexity index is 388. The van der Waals surface area contributed by atoms with Gasteiger partial charge >= 0.3 is 5.97 Å². The Kier molecular flexibility index (Phi) is 3.82. The lowest BCUT2D eigenvalue weighted by Crippen LogP contribution is -2.31. The minimum Gasteiger partial charge on any atom is -0.481 e. The maximum Gasteiger partial charge on any atom is 0.323 e. The summed E-state index contributed by atoms with van der Waals surface area (Å²) < 4.78 is 4.84. The Balaban J connectivity index is 2.75. The van der Waals surface area contributed by atoms with Crippen LogP contribution in [0.25, 0.3) is 0 Å². The molecule has 0 aliphatic rings. The Morgan fingerprint density at radius 2 is 2.19 bits per heavy atom. The van der Waals surface area contributed by atoms with Crippen LogP contribution in [0.15, 0.2) is 18.3 Å². The van der Waals surface area contributed by atoms with Crippen molar-refractivity contribution in [2.24, 2.45) is 0 Å². The van der Waals surface area contributed by atoms with Gasteiger partial charge in [-0.25, -0.2) is 4.98 Å². The number of aromatic nitrogens is 1. The Hall–Kier alpha value is -2.11. The largest absolute Gasteiger partial charge is 0.481 e. The molecule has 0 spiro atoms. The highest BCUT2D eigenvalue weighted by atomic mass is 16.5. The summed E-state index contributed by atoms with van der Waals surface area (Å²) in [5.41, 5.74) is 0.324. The number of carbonyl (C=O) groups excluding carboxylic acids is 1. The number of hydrogen-bond acceptors (Lipinski definition) is 4. The average Bonchev–Trinajstić information content (AvgIpc) is 2.27. The van der Waals surface area contributed by atoms with Crippen LogP contribution in [-0.4, -0.2) is 47.6 Å².